The molecule has 0 atom stereocenters. The fraction of sp³-hybridized carbons (Fsp3) is 0.357. The number of hydrogen-bond acceptors (Lipinski definition) is 5. The van der Waals surface area contributed by atoms with Crippen molar-refractivity contribution in [2.75, 3.05) is 18.9 Å². The van der Waals surface area contributed by atoms with Crippen LogP contribution in [0.5, 0.6) is 11.5 Å². The number of nitrogen functional groups attached to an aromatic ring is 1. The lowest BCUT2D eigenvalue weighted by atomic mass is 10.0. The summed E-state index contributed by atoms with van der Waals surface area (Å²) in [5.41, 5.74) is 8.43. The maximum atomic E-state index is 5.70. The number of aromatic nitrogens is 1. The third kappa shape index (κ3) is 2.23. The van der Waals surface area contributed by atoms with Gasteiger partial charge < -0.3 is 19.7 Å². The van der Waals surface area contributed by atoms with Gasteiger partial charge in [0, 0.05) is 18.1 Å². The first-order valence-electron chi connectivity index (χ1n) is 6.43. The molecular weight excluding hydrogens is 244 g/mol. The Labute approximate surface area is 111 Å². The van der Waals surface area contributed by atoms with Gasteiger partial charge in [-0.3, -0.25) is 0 Å². The van der Waals surface area contributed by atoms with Crippen molar-refractivity contribution >= 4 is 5.88 Å². The molecule has 0 unspecified atom stereocenters. The van der Waals surface area contributed by atoms with Gasteiger partial charge in [0.25, 0.3) is 0 Å². The summed E-state index contributed by atoms with van der Waals surface area (Å²) in [6, 6.07) is 5.69. The van der Waals surface area contributed by atoms with Crippen molar-refractivity contribution in [2.45, 2.75) is 19.8 Å². The number of nitrogens with two attached hydrogens (primary N) is 1. The van der Waals surface area contributed by atoms with Gasteiger partial charge in [-0.2, -0.15) is 0 Å². The van der Waals surface area contributed by atoms with E-state index in [2.05, 4.69) is 12.1 Å². The average Bonchev–Trinajstić information content (AvgIpc) is 2.72. The summed E-state index contributed by atoms with van der Waals surface area (Å²) in [5.74, 6) is 1.87. The lowest BCUT2D eigenvalue weighted by molar-refractivity contribution is 0.297. The molecule has 2 aromatic rings. The maximum Gasteiger partial charge on any atom is 0.222 e. The molecular formula is C14H16N2O3. The van der Waals surface area contributed by atoms with Gasteiger partial charge in [-0.1, -0.05) is 12.1 Å². The van der Waals surface area contributed by atoms with Crippen LogP contribution in [0, 0.1) is 0 Å². The van der Waals surface area contributed by atoms with Gasteiger partial charge >= 0.3 is 0 Å². The number of fused-ring (bicyclic) bond motifs is 1. The minimum Gasteiger partial charge on any atom is -0.490 e. The van der Waals surface area contributed by atoms with Crippen molar-refractivity contribution < 1.29 is 14.0 Å². The molecule has 0 fully saturated rings. The monoisotopic (exact) mass is 260 g/mol. The molecule has 0 spiro atoms. The van der Waals surface area contributed by atoms with Crippen LogP contribution in [-0.4, -0.2) is 18.4 Å². The first kappa shape index (κ1) is 11.9. The number of anilines is 1. The number of rotatable bonds is 2. The van der Waals surface area contributed by atoms with Gasteiger partial charge in [0.15, 0.2) is 11.5 Å². The first-order chi connectivity index (χ1) is 9.28. The quantitative estimate of drug-likeness (QED) is 0.898. The molecule has 1 aliphatic rings. The lowest BCUT2D eigenvalue weighted by Gasteiger charge is -2.12. The van der Waals surface area contributed by atoms with Crippen molar-refractivity contribution in [3.63, 3.8) is 0 Å². The fourth-order valence-corrected chi connectivity index (χ4v) is 2.20. The molecule has 2 N–H and O–H groups in total. The van der Waals surface area contributed by atoms with Crippen LogP contribution in [0.2, 0.25) is 0 Å². The molecule has 5 nitrogen and oxygen atoms in total. The highest BCUT2D eigenvalue weighted by atomic mass is 16.5. The Kier molecular flexibility index (Phi) is 3.03. The minimum atomic E-state index is 0.309. The minimum absolute atomic E-state index is 0.309. The highest BCUT2D eigenvalue weighted by Gasteiger charge is 2.17. The first-order valence-corrected chi connectivity index (χ1v) is 6.43. The smallest absolute Gasteiger partial charge is 0.222 e. The summed E-state index contributed by atoms with van der Waals surface area (Å²) in [7, 11) is 0. The Morgan fingerprint density at radius 1 is 1.16 bits per heavy atom. The van der Waals surface area contributed by atoms with Gasteiger partial charge in [-0.25, -0.2) is 0 Å². The van der Waals surface area contributed by atoms with Gasteiger partial charge in [-0.05, 0) is 24.1 Å². The summed E-state index contributed by atoms with van der Waals surface area (Å²) in [4.78, 5) is 0. The Morgan fingerprint density at radius 3 is 2.53 bits per heavy atom. The molecule has 0 saturated carbocycles. The Bertz CT molecular complexity index is 592. The second-order valence-corrected chi connectivity index (χ2v) is 4.47. The number of hydrogen-bond donors (Lipinski definition) is 1. The van der Waals surface area contributed by atoms with E-state index in [9.17, 15) is 0 Å². The van der Waals surface area contributed by atoms with Crippen LogP contribution in [0.15, 0.2) is 22.7 Å². The topological polar surface area (TPSA) is 70.5 Å². The van der Waals surface area contributed by atoms with E-state index in [1.54, 1.807) is 6.07 Å². The molecule has 1 aromatic heterocycles. The van der Waals surface area contributed by atoms with Crippen LogP contribution in [0.25, 0.3) is 11.3 Å². The second-order valence-electron chi connectivity index (χ2n) is 4.47. The van der Waals surface area contributed by atoms with Crippen LogP contribution in [0.4, 0.5) is 5.88 Å². The van der Waals surface area contributed by atoms with Crippen LogP contribution >= 0.6 is 0 Å². The van der Waals surface area contributed by atoms with E-state index in [0.29, 0.717) is 19.1 Å². The molecule has 0 saturated heterocycles. The predicted molar refractivity (Wildman–Crippen MR) is 71.3 cm³/mol. The molecule has 1 aromatic carbocycles. The molecule has 0 aliphatic carbocycles. The van der Waals surface area contributed by atoms with Crippen molar-refractivity contribution in [1.29, 1.82) is 0 Å². The Morgan fingerprint density at radius 2 is 1.89 bits per heavy atom. The molecule has 1 aliphatic heterocycles. The third-order valence-corrected chi connectivity index (χ3v) is 3.16. The van der Waals surface area contributed by atoms with E-state index >= 15 is 0 Å². The zero-order valence-electron chi connectivity index (χ0n) is 10.8. The summed E-state index contributed by atoms with van der Waals surface area (Å²) in [6.07, 6.45) is 1.76. The Balaban J connectivity index is 2.10. The van der Waals surface area contributed by atoms with Crippen molar-refractivity contribution in [3.8, 4) is 22.8 Å². The molecule has 19 heavy (non-hydrogen) atoms. The normalized spacial score (nSPS) is 14.2. The van der Waals surface area contributed by atoms with Crippen LogP contribution in [-0.2, 0) is 6.42 Å². The summed E-state index contributed by atoms with van der Waals surface area (Å²) < 4.78 is 16.3. The zero-order valence-corrected chi connectivity index (χ0v) is 10.8. The SMILES string of the molecule is CCc1cc2c(cc1-c1cc(N)on1)OCCCO2. The van der Waals surface area contributed by atoms with E-state index in [1.807, 2.05) is 12.1 Å². The van der Waals surface area contributed by atoms with Gasteiger partial charge in [0.1, 0.15) is 5.69 Å². The Hall–Kier alpha value is -2.17. The largest absolute Gasteiger partial charge is 0.490 e. The fourth-order valence-electron chi connectivity index (χ4n) is 2.20. The standard InChI is InChI=1S/C14H16N2O3/c1-2-9-6-12-13(18-5-3-4-17-12)7-10(9)11-8-14(15)19-16-11/h6-8H,2-5,15H2,1H3. The van der Waals surface area contributed by atoms with E-state index in [1.165, 1.54) is 0 Å². The summed E-state index contributed by atoms with van der Waals surface area (Å²) >= 11 is 0. The molecule has 3 rings (SSSR count). The van der Waals surface area contributed by atoms with Gasteiger partial charge in [-0.15, -0.1) is 0 Å². The van der Waals surface area contributed by atoms with E-state index in [-0.39, 0.29) is 0 Å². The molecule has 0 radical (unpaired) electrons. The predicted octanol–water partition coefficient (Wildman–Crippen LogP) is 2.65. The number of aryl methyl sites for hydroxylation is 1. The van der Waals surface area contributed by atoms with Crippen LogP contribution < -0.4 is 15.2 Å². The molecule has 5 heteroatoms. The number of nitrogens with zero attached hydrogens (tertiary/aromatic N) is 1. The van der Waals surface area contributed by atoms with Crippen molar-refractivity contribution in [2.24, 2.45) is 0 Å². The summed E-state index contributed by atoms with van der Waals surface area (Å²) in [6.45, 7) is 3.44. The highest BCUT2D eigenvalue weighted by Crippen LogP contribution is 2.37. The van der Waals surface area contributed by atoms with Crippen molar-refractivity contribution in [3.05, 3.63) is 23.8 Å². The molecule has 2 heterocycles. The van der Waals surface area contributed by atoms with Gasteiger partial charge in [0.05, 0.1) is 13.2 Å². The van der Waals surface area contributed by atoms with Crippen molar-refractivity contribution in [1.82, 2.24) is 5.16 Å². The highest BCUT2D eigenvalue weighted by molar-refractivity contribution is 5.69. The second kappa shape index (κ2) is 4.84. The van der Waals surface area contributed by atoms with E-state index < -0.39 is 0 Å². The molecule has 0 bridgehead atoms. The number of ether oxygens (including phenoxy) is 2. The van der Waals surface area contributed by atoms with Gasteiger partial charge in [0.2, 0.25) is 5.88 Å². The third-order valence-electron chi connectivity index (χ3n) is 3.16. The van der Waals surface area contributed by atoms with Crippen LogP contribution in [0.1, 0.15) is 18.9 Å². The number of benzene rings is 1. The molecule has 0 amide bonds. The summed E-state index contributed by atoms with van der Waals surface area (Å²) in [5, 5.41) is 3.97. The van der Waals surface area contributed by atoms with E-state index in [4.69, 9.17) is 19.7 Å². The average molecular weight is 260 g/mol. The lowest BCUT2D eigenvalue weighted by Crippen LogP contribution is -1.97. The zero-order chi connectivity index (χ0) is 13.2. The maximum absolute atomic E-state index is 5.70. The van der Waals surface area contributed by atoms with Crippen LogP contribution in [0.3, 0.4) is 0 Å². The molecule has 100 valence electrons. The van der Waals surface area contributed by atoms with E-state index in [0.717, 1.165) is 41.2 Å².